The van der Waals surface area contributed by atoms with E-state index in [1.54, 1.807) is 0 Å². The van der Waals surface area contributed by atoms with E-state index in [0.717, 1.165) is 29.6 Å². The minimum Gasteiger partial charge on any atom is -0.344 e. The molecule has 17 heavy (non-hydrogen) atoms. The molecule has 3 amide bonds. The van der Waals surface area contributed by atoms with Gasteiger partial charge in [0.15, 0.2) is 0 Å². The van der Waals surface area contributed by atoms with Crippen molar-refractivity contribution in [2.45, 2.75) is 31.7 Å². The van der Waals surface area contributed by atoms with E-state index in [2.05, 4.69) is 5.32 Å². The Morgan fingerprint density at radius 3 is 2.41 bits per heavy atom. The Morgan fingerprint density at radius 2 is 1.88 bits per heavy atom. The van der Waals surface area contributed by atoms with Crippen LogP contribution in [0.1, 0.15) is 25.7 Å². The zero-order chi connectivity index (χ0) is 12.2. The van der Waals surface area contributed by atoms with E-state index >= 15 is 0 Å². The van der Waals surface area contributed by atoms with Gasteiger partial charge in [-0.05, 0) is 31.1 Å². The van der Waals surface area contributed by atoms with Gasteiger partial charge in [-0.3, -0.25) is 19.3 Å². The summed E-state index contributed by atoms with van der Waals surface area (Å²) >= 11 is 0. The molecule has 5 heteroatoms. The van der Waals surface area contributed by atoms with Crippen molar-refractivity contribution >= 4 is 17.7 Å². The van der Waals surface area contributed by atoms with Crippen molar-refractivity contribution in [1.29, 1.82) is 0 Å². The number of hydrogen-bond donors (Lipinski definition) is 1. The molecule has 0 spiro atoms. The van der Waals surface area contributed by atoms with Crippen molar-refractivity contribution in [3.05, 3.63) is 0 Å². The first-order chi connectivity index (χ1) is 8.06. The van der Waals surface area contributed by atoms with Crippen LogP contribution in [0.2, 0.25) is 0 Å². The maximum atomic E-state index is 11.9. The van der Waals surface area contributed by atoms with Gasteiger partial charge in [0.25, 0.3) is 5.91 Å². The van der Waals surface area contributed by atoms with Crippen LogP contribution in [0.5, 0.6) is 0 Å². The van der Waals surface area contributed by atoms with Gasteiger partial charge in [-0.25, -0.2) is 0 Å². The summed E-state index contributed by atoms with van der Waals surface area (Å²) in [6.07, 6.45) is 3.30. The number of rotatable bonds is 2. The molecule has 0 radical (unpaired) electrons. The summed E-state index contributed by atoms with van der Waals surface area (Å²) in [5.74, 6) is 1.01. The van der Waals surface area contributed by atoms with E-state index in [1.165, 1.54) is 13.5 Å². The molecule has 0 aromatic rings. The maximum Gasteiger partial charge on any atom is 0.252 e. The third-order valence-corrected chi connectivity index (χ3v) is 4.31. The van der Waals surface area contributed by atoms with Crippen LogP contribution in [0.15, 0.2) is 0 Å². The molecule has 0 aromatic heterocycles. The Kier molecular flexibility index (Phi) is 2.24. The van der Waals surface area contributed by atoms with Gasteiger partial charge in [0.2, 0.25) is 11.8 Å². The highest BCUT2D eigenvalue weighted by Gasteiger charge is 2.48. The van der Waals surface area contributed by atoms with E-state index in [4.69, 9.17) is 0 Å². The first-order valence-electron chi connectivity index (χ1n) is 6.17. The Hall–Kier alpha value is -1.39. The van der Waals surface area contributed by atoms with E-state index in [0.29, 0.717) is 0 Å². The number of nitrogens with one attached hydrogen (secondary N) is 1. The molecule has 2 saturated carbocycles. The molecule has 0 aromatic carbocycles. The standard InChI is InChI=1S/C12H16N2O3/c1-14-10(15)5-9(12(14)17)13-11(16)8-3-6-2-7(6)4-8/h6-9H,2-5H2,1H3,(H,13,16). The first-order valence-corrected chi connectivity index (χ1v) is 6.17. The fourth-order valence-corrected chi connectivity index (χ4v) is 3.09. The summed E-state index contributed by atoms with van der Waals surface area (Å²) in [5.41, 5.74) is 0. The van der Waals surface area contributed by atoms with Crippen LogP contribution in [0, 0.1) is 17.8 Å². The van der Waals surface area contributed by atoms with Gasteiger partial charge in [-0.2, -0.15) is 0 Å². The number of likely N-dealkylation sites (tertiary alicyclic amines) is 1. The molecule has 3 fully saturated rings. The molecule has 3 rings (SSSR count). The summed E-state index contributed by atoms with van der Waals surface area (Å²) in [4.78, 5) is 36.0. The predicted molar refractivity (Wildman–Crippen MR) is 58.6 cm³/mol. The van der Waals surface area contributed by atoms with Crippen LogP contribution < -0.4 is 5.32 Å². The second-order valence-electron chi connectivity index (χ2n) is 5.48. The molecular weight excluding hydrogens is 220 g/mol. The lowest BCUT2D eigenvalue weighted by molar-refractivity contribution is -0.138. The summed E-state index contributed by atoms with van der Waals surface area (Å²) in [6, 6.07) is -0.628. The number of fused-ring (bicyclic) bond motifs is 1. The minimum atomic E-state index is -0.628. The average molecular weight is 236 g/mol. The molecular formula is C12H16N2O3. The number of carbonyl (C=O) groups excluding carboxylic acids is 3. The monoisotopic (exact) mass is 236 g/mol. The molecule has 3 atom stereocenters. The van der Waals surface area contributed by atoms with Gasteiger partial charge in [-0.15, -0.1) is 0 Å². The van der Waals surface area contributed by atoms with Crippen LogP contribution in [0.25, 0.3) is 0 Å². The molecule has 0 bridgehead atoms. The quantitative estimate of drug-likeness (QED) is 0.681. The lowest BCUT2D eigenvalue weighted by Gasteiger charge is -2.15. The van der Waals surface area contributed by atoms with Crippen molar-refractivity contribution in [2.75, 3.05) is 7.05 Å². The lowest BCUT2D eigenvalue weighted by Crippen LogP contribution is -2.43. The predicted octanol–water partition coefficient (Wildman–Crippen LogP) is -0.0940. The van der Waals surface area contributed by atoms with Gasteiger partial charge < -0.3 is 5.32 Å². The van der Waals surface area contributed by atoms with Crippen molar-refractivity contribution in [1.82, 2.24) is 10.2 Å². The van der Waals surface area contributed by atoms with Crippen LogP contribution in [0.4, 0.5) is 0 Å². The lowest BCUT2D eigenvalue weighted by atomic mass is 10.0. The fourth-order valence-electron chi connectivity index (χ4n) is 3.09. The molecule has 1 aliphatic heterocycles. The number of carbonyl (C=O) groups is 3. The molecule has 1 heterocycles. The third kappa shape index (κ3) is 1.73. The Balaban J connectivity index is 1.58. The third-order valence-electron chi connectivity index (χ3n) is 4.31. The van der Waals surface area contributed by atoms with Crippen LogP contribution in [0.3, 0.4) is 0 Å². The van der Waals surface area contributed by atoms with Gasteiger partial charge in [0, 0.05) is 13.0 Å². The molecule has 3 aliphatic rings. The Bertz CT molecular complexity index is 397. The second kappa shape index (κ2) is 3.55. The van der Waals surface area contributed by atoms with Gasteiger partial charge in [0.1, 0.15) is 6.04 Å². The van der Waals surface area contributed by atoms with Crippen LogP contribution in [-0.2, 0) is 14.4 Å². The second-order valence-corrected chi connectivity index (χ2v) is 5.48. The van der Waals surface area contributed by atoms with Gasteiger partial charge in [0.05, 0.1) is 6.42 Å². The van der Waals surface area contributed by atoms with E-state index < -0.39 is 6.04 Å². The van der Waals surface area contributed by atoms with Crippen molar-refractivity contribution in [3.63, 3.8) is 0 Å². The number of nitrogens with zero attached hydrogens (tertiary/aromatic N) is 1. The number of imide groups is 1. The Labute approximate surface area is 99.5 Å². The van der Waals surface area contributed by atoms with Crippen molar-refractivity contribution in [2.24, 2.45) is 17.8 Å². The van der Waals surface area contributed by atoms with E-state index in [9.17, 15) is 14.4 Å². The number of likely N-dealkylation sites (N-methyl/N-ethyl adjacent to an activating group) is 1. The average Bonchev–Trinajstić information content (AvgIpc) is 2.84. The number of hydrogen-bond acceptors (Lipinski definition) is 3. The SMILES string of the molecule is CN1C(=O)CC(NC(=O)C2CC3CC3C2)C1=O. The highest BCUT2D eigenvalue weighted by molar-refractivity contribution is 6.06. The van der Waals surface area contributed by atoms with E-state index in [1.807, 2.05) is 0 Å². The van der Waals surface area contributed by atoms with E-state index in [-0.39, 0.29) is 30.1 Å². The summed E-state index contributed by atoms with van der Waals surface area (Å²) in [7, 11) is 1.46. The smallest absolute Gasteiger partial charge is 0.252 e. The van der Waals surface area contributed by atoms with Crippen molar-refractivity contribution < 1.29 is 14.4 Å². The van der Waals surface area contributed by atoms with Gasteiger partial charge in [-0.1, -0.05) is 0 Å². The van der Waals surface area contributed by atoms with Crippen molar-refractivity contribution in [3.8, 4) is 0 Å². The zero-order valence-electron chi connectivity index (χ0n) is 9.81. The molecule has 3 unspecified atom stereocenters. The largest absolute Gasteiger partial charge is 0.344 e. The Morgan fingerprint density at radius 1 is 1.24 bits per heavy atom. The topological polar surface area (TPSA) is 66.5 Å². The number of amides is 3. The van der Waals surface area contributed by atoms with Crippen LogP contribution >= 0.6 is 0 Å². The van der Waals surface area contributed by atoms with Gasteiger partial charge >= 0.3 is 0 Å². The maximum absolute atomic E-state index is 11.9. The fraction of sp³-hybridized carbons (Fsp3) is 0.750. The zero-order valence-corrected chi connectivity index (χ0v) is 9.81. The summed E-state index contributed by atoms with van der Waals surface area (Å²) in [6.45, 7) is 0. The molecule has 92 valence electrons. The first kappa shape index (κ1) is 10.7. The normalized spacial score (nSPS) is 39.5. The molecule has 2 aliphatic carbocycles. The highest BCUT2D eigenvalue weighted by atomic mass is 16.2. The van der Waals surface area contributed by atoms with Crippen LogP contribution in [-0.4, -0.2) is 35.7 Å². The summed E-state index contributed by atoms with van der Waals surface area (Å²) in [5, 5.41) is 2.72. The molecule has 1 saturated heterocycles. The molecule has 5 nitrogen and oxygen atoms in total. The summed E-state index contributed by atoms with van der Waals surface area (Å²) < 4.78 is 0. The molecule has 1 N–H and O–H groups in total. The highest BCUT2D eigenvalue weighted by Crippen LogP contribution is 2.54. The minimum absolute atomic E-state index is 0.0429.